The van der Waals surface area contributed by atoms with Gasteiger partial charge in [0.25, 0.3) is 0 Å². The number of carbonyl (C=O) groups is 1. The van der Waals surface area contributed by atoms with Crippen LogP contribution in [-0.4, -0.2) is 5.78 Å². The summed E-state index contributed by atoms with van der Waals surface area (Å²) in [6, 6.07) is 14.2. The minimum absolute atomic E-state index is 0.174. The molecule has 0 aliphatic heterocycles. The third-order valence-corrected chi connectivity index (χ3v) is 4.83. The molecule has 0 heterocycles. The summed E-state index contributed by atoms with van der Waals surface area (Å²) in [4.78, 5) is 12.7. The van der Waals surface area contributed by atoms with Gasteiger partial charge in [-0.05, 0) is 31.4 Å². The van der Waals surface area contributed by atoms with Crippen molar-refractivity contribution in [3.05, 3.63) is 70.3 Å². The summed E-state index contributed by atoms with van der Waals surface area (Å²) in [7, 11) is 0. The molecule has 0 fully saturated rings. The van der Waals surface area contributed by atoms with E-state index in [9.17, 15) is 4.79 Å². The van der Waals surface area contributed by atoms with Gasteiger partial charge in [0.05, 0.1) is 0 Å². The quantitative estimate of drug-likeness (QED) is 0.716. The predicted octanol–water partition coefficient (Wildman–Crippen LogP) is 4.33. The Morgan fingerprint density at radius 1 is 1.05 bits per heavy atom. The molecule has 0 saturated carbocycles. The van der Waals surface area contributed by atoms with Crippen molar-refractivity contribution in [2.45, 2.75) is 24.6 Å². The maximum absolute atomic E-state index is 12.7. The summed E-state index contributed by atoms with van der Waals surface area (Å²) >= 11 is 3.72. The van der Waals surface area contributed by atoms with E-state index in [1.165, 1.54) is 11.1 Å². The number of halogens is 1. The number of Topliss-reactive ketones (excluding diaryl/α,β-unsaturated/α-hetero) is 1. The van der Waals surface area contributed by atoms with Gasteiger partial charge in [-0.15, -0.1) is 0 Å². The number of benzene rings is 2. The monoisotopic (exact) mass is 314 g/mol. The van der Waals surface area contributed by atoms with E-state index in [1.807, 2.05) is 24.3 Å². The van der Waals surface area contributed by atoms with E-state index in [1.54, 1.807) is 0 Å². The molecule has 1 aliphatic rings. The molecule has 1 nitrogen and oxygen atoms in total. The first-order valence-corrected chi connectivity index (χ1v) is 7.20. The van der Waals surface area contributed by atoms with Gasteiger partial charge in [-0.25, -0.2) is 0 Å². The molecule has 0 radical (unpaired) electrons. The molecule has 3 rings (SSSR count). The molecular formula is C17H15BrO. The summed E-state index contributed by atoms with van der Waals surface area (Å²) in [5.41, 5.74) is 5.42. The van der Waals surface area contributed by atoms with Crippen molar-refractivity contribution in [1.29, 1.82) is 0 Å². The fourth-order valence-electron chi connectivity index (χ4n) is 2.89. The smallest absolute Gasteiger partial charge is 0.184 e. The fourth-order valence-corrected chi connectivity index (χ4v) is 3.63. The van der Waals surface area contributed by atoms with Crippen LogP contribution in [0.3, 0.4) is 0 Å². The molecule has 96 valence electrons. The van der Waals surface area contributed by atoms with Gasteiger partial charge in [-0.2, -0.15) is 0 Å². The van der Waals surface area contributed by atoms with Gasteiger partial charge in [-0.3, -0.25) is 4.79 Å². The second-order valence-corrected chi connectivity index (χ2v) is 6.69. The topological polar surface area (TPSA) is 17.1 Å². The van der Waals surface area contributed by atoms with Gasteiger partial charge in [0.1, 0.15) is 4.32 Å². The molecule has 0 N–H and O–H groups in total. The van der Waals surface area contributed by atoms with Crippen molar-refractivity contribution in [2.75, 3.05) is 0 Å². The van der Waals surface area contributed by atoms with Crippen LogP contribution in [0.5, 0.6) is 0 Å². The maximum Gasteiger partial charge on any atom is 0.184 e. The molecule has 2 aromatic carbocycles. The number of aryl methyl sites for hydroxylation is 2. The number of rotatable bonds is 1. The maximum atomic E-state index is 12.7. The number of hydrogen-bond donors (Lipinski definition) is 0. The zero-order chi connectivity index (χ0) is 13.6. The highest BCUT2D eigenvalue weighted by molar-refractivity contribution is 9.10. The summed E-state index contributed by atoms with van der Waals surface area (Å²) in [5.74, 6) is 0.174. The van der Waals surface area contributed by atoms with Crippen molar-refractivity contribution >= 4 is 21.7 Å². The standard InChI is InChI=1S/C17H15BrO/c1-11-7-12(2)9-14(8-11)17(18)10-13-5-3-4-6-15(13)16(17)19/h3-9H,10H2,1-2H3. The van der Waals surface area contributed by atoms with E-state index in [2.05, 4.69) is 48.0 Å². The van der Waals surface area contributed by atoms with E-state index >= 15 is 0 Å². The lowest BCUT2D eigenvalue weighted by atomic mass is 9.92. The van der Waals surface area contributed by atoms with Crippen molar-refractivity contribution < 1.29 is 4.79 Å². The van der Waals surface area contributed by atoms with Crippen LogP contribution in [0.15, 0.2) is 42.5 Å². The Hall–Kier alpha value is -1.41. The van der Waals surface area contributed by atoms with Gasteiger partial charge in [0.15, 0.2) is 5.78 Å². The number of carbonyl (C=O) groups excluding carboxylic acids is 1. The van der Waals surface area contributed by atoms with Crippen LogP contribution in [0.25, 0.3) is 0 Å². The second kappa shape index (κ2) is 4.31. The van der Waals surface area contributed by atoms with Crippen molar-refractivity contribution in [3.8, 4) is 0 Å². The highest BCUT2D eigenvalue weighted by Gasteiger charge is 2.44. The van der Waals surface area contributed by atoms with E-state index in [0.29, 0.717) is 0 Å². The third-order valence-electron chi connectivity index (χ3n) is 3.74. The number of hydrogen-bond acceptors (Lipinski definition) is 1. The van der Waals surface area contributed by atoms with E-state index in [4.69, 9.17) is 0 Å². The van der Waals surface area contributed by atoms with Crippen LogP contribution in [0.1, 0.15) is 32.6 Å². The minimum Gasteiger partial charge on any atom is -0.292 e. The van der Waals surface area contributed by atoms with E-state index in [-0.39, 0.29) is 5.78 Å². The van der Waals surface area contributed by atoms with Crippen molar-refractivity contribution in [1.82, 2.24) is 0 Å². The van der Waals surface area contributed by atoms with E-state index < -0.39 is 4.32 Å². The van der Waals surface area contributed by atoms with Gasteiger partial charge in [0.2, 0.25) is 0 Å². The highest BCUT2D eigenvalue weighted by atomic mass is 79.9. The Balaban J connectivity index is 2.14. The number of ketones is 1. The normalized spacial score (nSPS) is 21.5. The van der Waals surface area contributed by atoms with Gasteiger partial charge >= 0.3 is 0 Å². The molecule has 1 aliphatic carbocycles. The fraction of sp³-hybridized carbons (Fsp3) is 0.235. The summed E-state index contributed by atoms with van der Waals surface area (Å²) in [6.45, 7) is 4.14. The Bertz CT molecular complexity index is 654. The molecule has 0 saturated heterocycles. The Labute approximate surface area is 121 Å². The zero-order valence-corrected chi connectivity index (χ0v) is 12.6. The first-order chi connectivity index (χ1) is 9.00. The minimum atomic E-state index is -0.590. The Kier molecular flexibility index (Phi) is 2.86. The van der Waals surface area contributed by atoms with Crippen LogP contribution in [0, 0.1) is 13.8 Å². The van der Waals surface area contributed by atoms with Gasteiger partial charge < -0.3 is 0 Å². The third kappa shape index (κ3) is 1.95. The molecule has 2 aromatic rings. The van der Waals surface area contributed by atoms with Gasteiger partial charge in [-0.1, -0.05) is 69.5 Å². The largest absolute Gasteiger partial charge is 0.292 e. The van der Waals surface area contributed by atoms with Crippen LogP contribution < -0.4 is 0 Å². The first-order valence-electron chi connectivity index (χ1n) is 6.41. The summed E-state index contributed by atoms with van der Waals surface area (Å²) in [5, 5.41) is 0. The molecule has 0 spiro atoms. The lowest BCUT2D eigenvalue weighted by Crippen LogP contribution is -2.25. The van der Waals surface area contributed by atoms with Crippen molar-refractivity contribution in [3.63, 3.8) is 0 Å². The molecular weight excluding hydrogens is 300 g/mol. The van der Waals surface area contributed by atoms with Crippen LogP contribution in [0.4, 0.5) is 0 Å². The first kappa shape index (κ1) is 12.6. The number of fused-ring (bicyclic) bond motifs is 1. The second-order valence-electron chi connectivity index (χ2n) is 5.34. The predicted molar refractivity (Wildman–Crippen MR) is 81.0 cm³/mol. The highest BCUT2D eigenvalue weighted by Crippen LogP contribution is 2.44. The summed E-state index contributed by atoms with van der Waals surface area (Å²) in [6.07, 6.45) is 0.727. The molecule has 0 amide bonds. The SMILES string of the molecule is Cc1cc(C)cc(C2(Br)Cc3ccccc3C2=O)c1. The van der Waals surface area contributed by atoms with Crippen LogP contribution >= 0.6 is 15.9 Å². The Morgan fingerprint density at radius 3 is 2.32 bits per heavy atom. The van der Waals surface area contributed by atoms with Crippen molar-refractivity contribution in [2.24, 2.45) is 0 Å². The Morgan fingerprint density at radius 2 is 1.68 bits per heavy atom. The average molecular weight is 315 g/mol. The molecule has 1 atom stereocenters. The molecule has 1 unspecified atom stereocenters. The van der Waals surface area contributed by atoms with Crippen LogP contribution in [-0.2, 0) is 10.7 Å². The molecule has 0 bridgehead atoms. The molecule has 0 aromatic heterocycles. The molecule has 2 heteroatoms. The number of alkyl halides is 1. The van der Waals surface area contributed by atoms with Crippen LogP contribution in [0.2, 0.25) is 0 Å². The molecule has 19 heavy (non-hydrogen) atoms. The lowest BCUT2D eigenvalue weighted by Gasteiger charge is -2.21. The zero-order valence-electron chi connectivity index (χ0n) is 11.0. The van der Waals surface area contributed by atoms with E-state index in [0.717, 1.165) is 23.1 Å². The van der Waals surface area contributed by atoms with Gasteiger partial charge in [0, 0.05) is 5.56 Å². The summed E-state index contributed by atoms with van der Waals surface area (Å²) < 4.78 is -0.590. The lowest BCUT2D eigenvalue weighted by molar-refractivity contribution is 0.0960. The average Bonchev–Trinajstić information content (AvgIpc) is 2.62.